The molecule has 1 aliphatic rings. The first-order valence-corrected chi connectivity index (χ1v) is 25.9. The molecule has 362 valence electrons. The third-order valence-corrected chi connectivity index (χ3v) is 16.1. The van der Waals surface area contributed by atoms with Crippen molar-refractivity contribution < 1.29 is 30.9 Å². The van der Waals surface area contributed by atoms with Crippen molar-refractivity contribution >= 4 is 56.8 Å². The van der Waals surface area contributed by atoms with E-state index in [0.29, 0.717) is 28.6 Å². The van der Waals surface area contributed by atoms with Crippen LogP contribution in [0.1, 0.15) is 73.4 Å². The second kappa shape index (κ2) is 17.6. The first-order chi connectivity index (χ1) is 37.2. The SMILES string of the molecule is [2H]c1c([2H])c([2H])c(-c2cc(C(C)(C)C(C)(C)C)cc(-c3ccccc3)c2-n2[c](=[Pt])n(-c3[c-]c(Oc4cc(C(C)(C)C)cc(N5B(c6ccccc6)n6c7ccccc7c7cc[c-]c5c76)n4)ccc3)c3ccccc32)c([2H])c1[2H]. The molecular formula is C65H56BN5OPt-2. The van der Waals surface area contributed by atoms with Crippen molar-refractivity contribution in [2.75, 3.05) is 4.81 Å². The molecule has 73 heavy (non-hydrogen) atoms. The normalized spacial score (nSPS) is 13.9. The topological polar surface area (TPSA) is 40.1 Å². The summed E-state index contributed by atoms with van der Waals surface area (Å²) in [5, 5.41) is 2.35. The van der Waals surface area contributed by atoms with Gasteiger partial charge < -0.3 is 0 Å². The van der Waals surface area contributed by atoms with Crippen LogP contribution < -0.4 is 15.0 Å². The van der Waals surface area contributed by atoms with Gasteiger partial charge in [-0.3, -0.25) is 0 Å². The van der Waals surface area contributed by atoms with Crippen LogP contribution in [0.4, 0.5) is 11.5 Å². The van der Waals surface area contributed by atoms with Crippen LogP contribution in [0.3, 0.4) is 0 Å². The summed E-state index contributed by atoms with van der Waals surface area (Å²) in [4.78, 5) is 7.65. The van der Waals surface area contributed by atoms with E-state index in [1.165, 1.54) is 5.39 Å². The molecule has 0 radical (unpaired) electrons. The molecule has 0 aliphatic carbocycles. The van der Waals surface area contributed by atoms with E-state index < -0.39 is 23.5 Å². The summed E-state index contributed by atoms with van der Waals surface area (Å²) in [6.07, 6.45) is 0. The number of hydrogen-bond acceptors (Lipinski definition) is 3. The standard InChI is InChI=1S/C65H56BN5O.Pt/c1-63(2,3)46-40-59(70-58-37-23-33-52-51-32-18-19-34-55(51)71(62(52)58)66(70)48-28-16-11-17-29-48)67-60(41-46)72-50-31-22-30-49(42-50)68-43-69(57-36-21-20-35-56(57)68)61-53(44-24-12-9-13-25-44)38-47(65(7,8)64(4,5)6)39-54(61)45-26-14-10-15-27-45;/h9-36,38-41H,1-8H3;/q-2;/i9D,12D,13D,24D,25D;. The van der Waals surface area contributed by atoms with Crippen molar-refractivity contribution in [3.8, 4) is 45.3 Å². The van der Waals surface area contributed by atoms with Crippen LogP contribution in [0.15, 0.2) is 194 Å². The molecule has 0 N–H and O–H groups in total. The quantitative estimate of drug-likeness (QED) is 0.107. The number of para-hydroxylation sites is 3. The van der Waals surface area contributed by atoms with Crippen LogP contribution in [0.25, 0.3) is 66.5 Å². The zero-order chi connectivity index (χ0) is 54.7. The molecule has 0 unspecified atom stereocenters. The third-order valence-electron chi connectivity index (χ3n) is 15.1. The zero-order valence-corrected chi connectivity index (χ0v) is 44.4. The Hall–Kier alpha value is -7.47. The Morgan fingerprint density at radius 1 is 0.616 bits per heavy atom. The second-order valence-electron chi connectivity index (χ2n) is 21.5. The van der Waals surface area contributed by atoms with Crippen molar-refractivity contribution in [3.05, 3.63) is 221 Å². The average Bonchev–Trinajstić information content (AvgIpc) is 3.90. The number of anilines is 2. The molecule has 4 heterocycles. The summed E-state index contributed by atoms with van der Waals surface area (Å²) in [5.41, 5.74) is 10.9. The van der Waals surface area contributed by atoms with Crippen molar-refractivity contribution in [1.29, 1.82) is 0 Å². The molecule has 8 heteroatoms. The van der Waals surface area contributed by atoms with Gasteiger partial charge in [0.25, 0.3) is 0 Å². The molecule has 0 bridgehead atoms. The predicted octanol–water partition coefficient (Wildman–Crippen LogP) is 15.7. The van der Waals surface area contributed by atoms with E-state index in [1.807, 2.05) is 72.8 Å². The predicted molar refractivity (Wildman–Crippen MR) is 299 cm³/mol. The fourth-order valence-electron chi connectivity index (χ4n) is 10.3. The molecule has 11 aromatic rings. The molecule has 0 saturated heterocycles. The minimum absolute atomic E-state index is 0.131. The maximum absolute atomic E-state index is 9.45. The molecule has 8 aromatic carbocycles. The van der Waals surface area contributed by atoms with E-state index in [0.717, 1.165) is 70.5 Å². The van der Waals surface area contributed by atoms with E-state index in [2.05, 4.69) is 196 Å². The molecule has 1 aliphatic heterocycles. The van der Waals surface area contributed by atoms with Gasteiger partial charge in [-0.2, -0.15) is 12.1 Å². The molecule has 0 spiro atoms. The van der Waals surface area contributed by atoms with Crippen LogP contribution in [0, 0.1) is 21.4 Å². The molecule has 12 rings (SSSR count). The number of benzene rings is 8. The van der Waals surface area contributed by atoms with Gasteiger partial charge in [-0.25, -0.2) is 0 Å². The Labute approximate surface area is 446 Å². The van der Waals surface area contributed by atoms with Gasteiger partial charge >= 0.3 is 366 Å². The number of aromatic nitrogens is 4. The third kappa shape index (κ3) is 7.83. The van der Waals surface area contributed by atoms with E-state index in [9.17, 15) is 2.74 Å². The van der Waals surface area contributed by atoms with Gasteiger partial charge in [-0.1, -0.05) is 48.5 Å². The van der Waals surface area contributed by atoms with Gasteiger partial charge in [-0.15, -0.1) is 5.39 Å². The van der Waals surface area contributed by atoms with Crippen molar-refractivity contribution in [1.82, 2.24) is 18.6 Å². The van der Waals surface area contributed by atoms with Crippen LogP contribution in [0.5, 0.6) is 11.6 Å². The van der Waals surface area contributed by atoms with E-state index >= 15 is 0 Å². The molecule has 0 atom stereocenters. The first kappa shape index (κ1) is 41.1. The Morgan fingerprint density at radius 3 is 1.96 bits per heavy atom. The first-order valence-electron chi connectivity index (χ1n) is 27.2. The second-order valence-corrected chi connectivity index (χ2v) is 22.5. The number of hydrogen-bond donors (Lipinski definition) is 0. The Balaban J connectivity index is 1.04. The zero-order valence-electron chi connectivity index (χ0n) is 47.1. The summed E-state index contributed by atoms with van der Waals surface area (Å²) < 4.78 is 59.7. The molecule has 0 saturated carbocycles. The molecule has 0 amide bonds. The van der Waals surface area contributed by atoms with Crippen LogP contribution >= 0.6 is 0 Å². The number of fused-ring (bicyclic) bond motifs is 4. The van der Waals surface area contributed by atoms with Gasteiger partial charge in [0.2, 0.25) is 0 Å². The Bertz CT molecular complexity index is 4260. The summed E-state index contributed by atoms with van der Waals surface area (Å²) in [5.74, 6) is 1.61. The number of imidazole rings is 1. The molecule has 3 aromatic heterocycles. The number of pyridine rings is 1. The minimum atomic E-state index is -0.439. The van der Waals surface area contributed by atoms with Crippen LogP contribution in [-0.2, 0) is 30.2 Å². The Kier molecular flexibility index (Phi) is 9.92. The van der Waals surface area contributed by atoms with Crippen LogP contribution in [0.2, 0.25) is 0 Å². The van der Waals surface area contributed by atoms with Gasteiger partial charge in [0.1, 0.15) is 0 Å². The monoisotopic (exact) mass is 1130 g/mol. The van der Waals surface area contributed by atoms with Gasteiger partial charge in [-0.05, 0) is 11.5 Å². The fraction of sp³-hybridized carbons (Fsp3) is 0.169. The summed E-state index contributed by atoms with van der Waals surface area (Å²) in [6, 6.07) is 61.4. The number of nitrogens with zero attached hydrogens (tertiary/aromatic N) is 5. The molecular weight excluding hydrogens is 1070 g/mol. The average molecular weight is 1130 g/mol. The summed E-state index contributed by atoms with van der Waals surface area (Å²) in [6.45, 7) is 17.4. The van der Waals surface area contributed by atoms with E-state index in [-0.39, 0.29) is 35.5 Å². The summed E-state index contributed by atoms with van der Waals surface area (Å²) in [7, 11) is 0. The fourth-order valence-corrected chi connectivity index (χ4v) is 11.4. The maximum atomic E-state index is 9.45. The molecule has 0 fully saturated rings. The Morgan fingerprint density at radius 2 is 1.26 bits per heavy atom. The van der Waals surface area contributed by atoms with E-state index in [4.69, 9.17) is 13.8 Å². The van der Waals surface area contributed by atoms with E-state index in [1.54, 1.807) is 0 Å². The number of ether oxygens (including phenoxy) is 1. The van der Waals surface area contributed by atoms with Gasteiger partial charge in [0, 0.05) is 5.52 Å². The molecule has 6 nitrogen and oxygen atoms in total. The van der Waals surface area contributed by atoms with Gasteiger partial charge in [0.15, 0.2) is 0 Å². The van der Waals surface area contributed by atoms with Gasteiger partial charge in [0.05, 0.1) is 0 Å². The van der Waals surface area contributed by atoms with Crippen molar-refractivity contribution in [3.63, 3.8) is 0 Å². The van der Waals surface area contributed by atoms with Crippen LogP contribution in [-0.4, -0.2) is 25.6 Å². The summed E-state index contributed by atoms with van der Waals surface area (Å²) >= 11 is 2.35. The number of rotatable bonds is 9. The van der Waals surface area contributed by atoms with Crippen molar-refractivity contribution in [2.45, 2.75) is 66.2 Å². The van der Waals surface area contributed by atoms with Crippen molar-refractivity contribution in [2.24, 2.45) is 5.41 Å².